The van der Waals surface area contributed by atoms with Crippen molar-refractivity contribution >= 4 is 32.9 Å². The van der Waals surface area contributed by atoms with Crippen molar-refractivity contribution in [2.45, 2.75) is 11.3 Å². The highest BCUT2D eigenvalue weighted by molar-refractivity contribution is 7.91. The van der Waals surface area contributed by atoms with Crippen LogP contribution < -0.4 is 10.0 Å². The molecule has 0 unspecified atom stereocenters. The maximum Gasteiger partial charge on any atom is 0.209 e. The Morgan fingerprint density at radius 1 is 1.48 bits per heavy atom. The summed E-state index contributed by atoms with van der Waals surface area (Å²) in [7, 11) is -2.22. The van der Waals surface area contributed by atoms with Crippen molar-refractivity contribution < 1.29 is 23.4 Å². The number of nitrogens with one attached hydrogen (secondary N) is 1. The number of rotatable bonds is 5. The van der Waals surface area contributed by atoms with Crippen LogP contribution >= 0.6 is 0 Å². The number of fused-ring (bicyclic) bond motifs is 1. The van der Waals surface area contributed by atoms with Crippen LogP contribution in [0.25, 0.3) is 11.0 Å². The summed E-state index contributed by atoms with van der Waals surface area (Å²) in [6.45, 7) is -0.202. The minimum Gasteiger partial charge on any atom is -0.530 e. The van der Waals surface area contributed by atoms with Crippen LogP contribution in [-0.4, -0.2) is 49.0 Å². The molecule has 8 nitrogen and oxygen atoms in total. The third kappa shape index (κ3) is 3.14. The summed E-state index contributed by atoms with van der Waals surface area (Å²) in [5.41, 5.74) is 0.849. The number of anilines is 1. The van der Waals surface area contributed by atoms with Gasteiger partial charge < -0.3 is 24.9 Å². The van der Waals surface area contributed by atoms with E-state index in [4.69, 9.17) is 5.11 Å². The Labute approximate surface area is 121 Å². The van der Waals surface area contributed by atoms with Crippen LogP contribution in [0.3, 0.4) is 0 Å². The summed E-state index contributed by atoms with van der Waals surface area (Å²) in [5.74, 6) is -0.107. The number of aliphatic hydroxyl groups is 1. The quantitative estimate of drug-likeness (QED) is 0.766. The van der Waals surface area contributed by atoms with E-state index in [-0.39, 0.29) is 29.6 Å². The fraction of sp³-hybridized carbons (Fsp3) is 0.333. The number of H-pyrrole nitrogens is 1. The lowest BCUT2D eigenvalue weighted by Gasteiger charge is -2.15. The summed E-state index contributed by atoms with van der Waals surface area (Å²) in [6, 6.07) is 4.28. The van der Waals surface area contributed by atoms with Gasteiger partial charge in [-0.15, -0.1) is 0 Å². The average Bonchev–Trinajstić information content (AvgIpc) is 2.86. The topological polar surface area (TPSA) is 126 Å². The number of aromatic nitrogens is 2. The summed E-state index contributed by atoms with van der Waals surface area (Å²) < 4.78 is 24.0. The van der Waals surface area contributed by atoms with Crippen LogP contribution in [0.15, 0.2) is 23.1 Å². The van der Waals surface area contributed by atoms with Gasteiger partial charge in [-0.25, -0.2) is 13.4 Å². The number of nitrogens with zero attached hydrogens (tertiary/aromatic N) is 2. The lowest BCUT2D eigenvalue weighted by atomic mass is 10.3. The Morgan fingerprint density at radius 3 is 2.81 bits per heavy atom. The minimum absolute atomic E-state index is 0.0508. The molecule has 9 heteroatoms. The monoisotopic (exact) mass is 312 g/mol. The molecule has 21 heavy (non-hydrogen) atoms. The van der Waals surface area contributed by atoms with Crippen LogP contribution in [0.2, 0.25) is 0 Å². The van der Waals surface area contributed by atoms with Gasteiger partial charge in [0.05, 0.1) is 21.7 Å². The predicted molar refractivity (Wildman–Crippen MR) is 73.6 cm³/mol. The predicted octanol–water partition coefficient (Wildman–Crippen LogP) is -0.502. The van der Waals surface area contributed by atoms with Gasteiger partial charge in [-0.05, 0) is 24.6 Å². The first kappa shape index (κ1) is 15.3. The molecule has 0 radical (unpaired) electrons. The maximum atomic E-state index is 12.0. The van der Waals surface area contributed by atoms with E-state index in [9.17, 15) is 18.3 Å². The zero-order chi connectivity index (χ0) is 15.6. The number of carbonyl (C=O) groups is 1. The van der Waals surface area contributed by atoms with Gasteiger partial charge in [0.25, 0.3) is 0 Å². The van der Waals surface area contributed by atoms with Gasteiger partial charge in [-0.1, -0.05) is 0 Å². The van der Waals surface area contributed by atoms with Crippen LogP contribution in [0.1, 0.15) is 6.42 Å². The molecule has 0 fully saturated rings. The van der Waals surface area contributed by atoms with Crippen molar-refractivity contribution in [3.05, 3.63) is 18.2 Å². The first-order valence-electron chi connectivity index (χ1n) is 6.13. The van der Waals surface area contributed by atoms with Crippen molar-refractivity contribution in [2.24, 2.45) is 0 Å². The fourth-order valence-corrected chi connectivity index (χ4v) is 3.10. The molecule has 0 aliphatic rings. The number of benzene rings is 1. The molecule has 2 aromatic rings. The highest BCUT2D eigenvalue weighted by atomic mass is 32.2. The molecule has 1 heterocycles. The molecule has 0 aliphatic heterocycles. The van der Waals surface area contributed by atoms with Gasteiger partial charge in [-0.2, -0.15) is 0 Å². The minimum atomic E-state index is -3.49. The van der Waals surface area contributed by atoms with Crippen molar-refractivity contribution in [2.75, 3.05) is 24.3 Å². The van der Waals surface area contributed by atoms with Gasteiger partial charge in [0.1, 0.15) is 6.09 Å². The summed E-state index contributed by atoms with van der Waals surface area (Å²) in [4.78, 5) is 18.4. The molecule has 2 N–H and O–H groups in total. The molecule has 1 amide bonds. The summed E-state index contributed by atoms with van der Waals surface area (Å²) in [5, 5.41) is 19.5. The van der Waals surface area contributed by atoms with Crippen LogP contribution in [0.4, 0.5) is 10.7 Å². The van der Waals surface area contributed by atoms with E-state index in [2.05, 4.69) is 9.97 Å². The smallest absolute Gasteiger partial charge is 0.209 e. The second-order valence-corrected chi connectivity index (χ2v) is 6.57. The second kappa shape index (κ2) is 5.70. The van der Waals surface area contributed by atoms with Crippen molar-refractivity contribution in [3.63, 3.8) is 0 Å². The largest absolute Gasteiger partial charge is 0.530 e. The van der Waals surface area contributed by atoms with Gasteiger partial charge in [0.15, 0.2) is 9.84 Å². The highest BCUT2D eigenvalue weighted by Crippen LogP contribution is 2.21. The molecule has 2 rings (SSSR count). The number of imidazole rings is 1. The molecule has 1 aromatic carbocycles. The van der Waals surface area contributed by atoms with Gasteiger partial charge in [-0.3, -0.25) is 0 Å². The van der Waals surface area contributed by atoms with E-state index in [0.717, 1.165) is 4.90 Å². The van der Waals surface area contributed by atoms with Crippen molar-refractivity contribution in [1.29, 1.82) is 0 Å². The standard InChI is InChI=1S/C12H15N3O5S/c1-15(12(17)18)11-13-9-4-3-8(7-10(9)14-11)21(19,20)6-2-5-16/h3-4,7,16H,2,5-6H2,1H3,(H,13,14)(H,17,18)/p-1. The number of aliphatic hydroxyl groups excluding tert-OH is 1. The van der Waals surface area contributed by atoms with Gasteiger partial charge in [0.2, 0.25) is 5.95 Å². The number of sulfone groups is 1. The molecule has 0 spiro atoms. The van der Waals surface area contributed by atoms with E-state index >= 15 is 0 Å². The second-order valence-electron chi connectivity index (χ2n) is 4.46. The van der Waals surface area contributed by atoms with Gasteiger partial charge >= 0.3 is 0 Å². The Kier molecular flexibility index (Phi) is 4.14. The Hall–Kier alpha value is -2.13. The highest BCUT2D eigenvalue weighted by Gasteiger charge is 2.16. The third-order valence-electron chi connectivity index (χ3n) is 2.96. The number of aromatic amines is 1. The van der Waals surface area contributed by atoms with Crippen LogP contribution in [0, 0.1) is 0 Å². The molecule has 0 atom stereocenters. The first-order chi connectivity index (χ1) is 9.85. The lowest BCUT2D eigenvalue weighted by Crippen LogP contribution is -2.38. The van der Waals surface area contributed by atoms with E-state index in [0.29, 0.717) is 11.0 Å². The molecule has 1 aromatic heterocycles. The number of carboxylic acid groups (broad SMARTS) is 1. The van der Waals surface area contributed by atoms with Crippen LogP contribution in [0.5, 0.6) is 0 Å². The molecular formula is C12H14N3O5S-. The molecule has 0 aliphatic carbocycles. The van der Waals surface area contributed by atoms with Crippen molar-refractivity contribution in [1.82, 2.24) is 9.97 Å². The van der Waals surface area contributed by atoms with E-state index < -0.39 is 15.9 Å². The number of hydrogen-bond acceptors (Lipinski definition) is 6. The Morgan fingerprint density at radius 2 is 2.19 bits per heavy atom. The average molecular weight is 312 g/mol. The zero-order valence-electron chi connectivity index (χ0n) is 11.2. The third-order valence-corrected chi connectivity index (χ3v) is 4.76. The van der Waals surface area contributed by atoms with E-state index in [1.807, 2.05) is 0 Å². The Balaban J connectivity index is 2.40. The maximum absolute atomic E-state index is 12.0. The normalized spacial score (nSPS) is 11.7. The zero-order valence-corrected chi connectivity index (χ0v) is 12.1. The molecule has 114 valence electrons. The number of amides is 1. The SMILES string of the molecule is CN(C(=O)[O-])c1nc2ccc(S(=O)(=O)CCCO)cc2[nH]1. The number of hydrogen-bond donors (Lipinski definition) is 2. The van der Waals surface area contributed by atoms with Crippen molar-refractivity contribution in [3.8, 4) is 0 Å². The summed E-state index contributed by atoms with van der Waals surface area (Å²) in [6.07, 6.45) is -1.27. The van der Waals surface area contributed by atoms with E-state index in [1.165, 1.54) is 25.2 Å². The fourth-order valence-electron chi connectivity index (χ4n) is 1.79. The van der Waals surface area contributed by atoms with E-state index in [1.54, 1.807) is 0 Å². The molecular weight excluding hydrogens is 298 g/mol. The lowest BCUT2D eigenvalue weighted by molar-refractivity contribution is -0.246. The van der Waals surface area contributed by atoms with Crippen LogP contribution in [-0.2, 0) is 9.84 Å². The molecule has 0 bridgehead atoms. The molecule has 0 saturated heterocycles. The summed E-state index contributed by atoms with van der Waals surface area (Å²) >= 11 is 0. The Bertz CT molecular complexity index is 768. The van der Waals surface area contributed by atoms with Gasteiger partial charge in [0, 0.05) is 13.7 Å². The first-order valence-corrected chi connectivity index (χ1v) is 7.78. The molecule has 0 saturated carbocycles. The number of carbonyl (C=O) groups excluding carboxylic acids is 1.